The lowest BCUT2D eigenvalue weighted by atomic mass is 10.1. The van der Waals surface area contributed by atoms with E-state index < -0.39 is 5.97 Å². The van der Waals surface area contributed by atoms with Crippen molar-refractivity contribution in [3.8, 4) is 0 Å². The number of carbonyl (C=O) groups is 1. The highest BCUT2D eigenvalue weighted by Gasteiger charge is 2.18. The molecule has 16 heavy (non-hydrogen) atoms. The molecular formula is C11H16N2O3. The Bertz CT molecular complexity index is 375. The molecular weight excluding hydrogens is 208 g/mol. The van der Waals surface area contributed by atoms with Crippen LogP contribution in [0.5, 0.6) is 0 Å². The molecule has 5 nitrogen and oxygen atoms in total. The van der Waals surface area contributed by atoms with E-state index in [-0.39, 0.29) is 11.8 Å². The molecule has 2 heterocycles. The summed E-state index contributed by atoms with van der Waals surface area (Å²) in [5, 5.41) is 8.72. The average molecular weight is 224 g/mol. The monoisotopic (exact) mass is 224 g/mol. The molecule has 88 valence electrons. The maximum absolute atomic E-state index is 10.6. The van der Waals surface area contributed by atoms with Crippen LogP contribution >= 0.6 is 0 Å². The third kappa shape index (κ3) is 2.62. The summed E-state index contributed by atoms with van der Waals surface area (Å²) in [6, 6.07) is 3.42. The van der Waals surface area contributed by atoms with Crippen molar-refractivity contribution < 1.29 is 14.3 Å². The number of nitrogens with two attached hydrogens (primary N) is 1. The highest BCUT2D eigenvalue weighted by atomic mass is 16.4. The molecule has 1 aliphatic rings. The lowest BCUT2D eigenvalue weighted by Gasteiger charge is -2.29. The van der Waals surface area contributed by atoms with Crippen LogP contribution in [-0.4, -0.2) is 35.1 Å². The maximum Gasteiger partial charge on any atom is 0.371 e. The summed E-state index contributed by atoms with van der Waals surface area (Å²) in [5.41, 5.74) is 5.87. The number of hydrogen-bond acceptors (Lipinski definition) is 4. The predicted octanol–water partition coefficient (Wildman–Crippen LogP) is 0.901. The Kier molecular flexibility index (Phi) is 3.26. The summed E-state index contributed by atoms with van der Waals surface area (Å²) in [4.78, 5) is 12.8. The summed E-state index contributed by atoms with van der Waals surface area (Å²) in [6.45, 7) is 2.49. The molecule has 1 saturated heterocycles. The van der Waals surface area contributed by atoms with Gasteiger partial charge in [-0.3, -0.25) is 4.90 Å². The first-order valence-corrected chi connectivity index (χ1v) is 5.45. The second-order valence-electron chi connectivity index (χ2n) is 4.21. The second-order valence-corrected chi connectivity index (χ2v) is 4.21. The maximum atomic E-state index is 10.6. The van der Waals surface area contributed by atoms with Gasteiger partial charge in [-0.1, -0.05) is 0 Å². The molecule has 1 fully saturated rings. The third-order valence-corrected chi connectivity index (χ3v) is 2.79. The number of hydrogen-bond donors (Lipinski definition) is 2. The molecule has 0 saturated carbocycles. The first kappa shape index (κ1) is 11.2. The van der Waals surface area contributed by atoms with Gasteiger partial charge < -0.3 is 15.3 Å². The van der Waals surface area contributed by atoms with Gasteiger partial charge in [0.1, 0.15) is 5.76 Å². The molecule has 0 spiro atoms. The lowest BCUT2D eigenvalue weighted by Crippen LogP contribution is -2.42. The van der Waals surface area contributed by atoms with Crippen LogP contribution in [0, 0.1) is 0 Å². The Hall–Kier alpha value is -1.33. The normalized spacial score (nSPS) is 22.2. The van der Waals surface area contributed by atoms with E-state index >= 15 is 0 Å². The second kappa shape index (κ2) is 4.67. The molecule has 0 bridgehead atoms. The molecule has 0 aliphatic carbocycles. The minimum absolute atomic E-state index is 0.00342. The number of carboxylic acid groups (broad SMARTS) is 1. The Morgan fingerprint density at radius 1 is 1.62 bits per heavy atom. The number of aromatic carboxylic acids is 1. The SMILES string of the molecule is N[C@@H]1CCCN(Cc2ccc(C(=O)O)o2)C1. The van der Waals surface area contributed by atoms with Crippen molar-refractivity contribution in [2.75, 3.05) is 13.1 Å². The first-order valence-electron chi connectivity index (χ1n) is 5.45. The Balaban J connectivity index is 1.95. The number of rotatable bonds is 3. The average Bonchev–Trinajstić information content (AvgIpc) is 2.66. The lowest BCUT2D eigenvalue weighted by molar-refractivity contribution is 0.0657. The molecule has 0 aromatic carbocycles. The van der Waals surface area contributed by atoms with E-state index in [4.69, 9.17) is 15.3 Å². The van der Waals surface area contributed by atoms with Crippen LogP contribution in [0.25, 0.3) is 0 Å². The Morgan fingerprint density at radius 3 is 3.06 bits per heavy atom. The van der Waals surface area contributed by atoms with Crippen LogP contribution in [0.4, 0.5) is 0 Å². The minimum atomic E-state index is -1.03. The van der Waals surface area contributed by atoms with E-state index in [0.29, 0.717) is 12.3 Å². The standard InChI is InChI=1S/C11H16N2O3/c12-8-2-1-5-13(6-8)7-9-3-4-10(16-9)11(14)15/h3-4,8H,1-2,5-7,12H2,(H,14,15)/t8-/m1/s1. The summed E-state index contributed by atoms with van der Waals surface area (Å²) in [7, 11) is 0. The molecule has 5 heteroatoms. The van der Waals surface area contributed by atoms with Crippen molar-refractivity contribution in [3.63, 3.8) is 0 Å². The van der Waals surface area contributed by atoms with Gasteiger partial charge in [0.2, 0.25) is 5.76 Å². The largest absolute Gasteiger partial charge is 0.475 e. The first-order chi connectivity index (χ1) is 7.65. The number of piperidine rings is 1. The fraction of sp³-hybridized carbons (Fsp3) is 0.545. The number of furan rings is 1. The van der Waals surface area contributed by atoms with E-state index in [0.717, 1.165) is 25.9 Å². The Labute approximate surface area is 93.8 Å². The number of likely N-dealkylation sites (tertiary alicyclic amines) is 1. The third-order valence-electron chi connectivity index (χ3n) is 2.79. The number of carboxylic acids is 1. The number of nitrogens with zero attached hydrogens (tertiary/aromatic N) is 1. The molecule has 1 aliphatic heterocycles. The van der Waals surface area contributed by atoms with E-state index in [1.807, 2.05) is 0 Å². The van der Waals surface area contributed by atoms with Gasteiger partial charge in [-0.25, -0.2) is 4.79 Å². The zero-order valence-electron chi connectivity index (χ0n) is 9.06. The molecule has 0 radical (unpaired) electrons. The van der Waals surface area contributed by atoms with E-state index in [9.17, 15) is 4.79 Å². The summed E-state index contributed by atoms with van der Waals surface area (Å²) in [6.07, 6.45) is 2.16. The molecule has 0 amide bonds. The topological polar surface area (TPSA) is 79.7 Å². The minimum Gasteiger partial charge on any atom is -0.475 e. The van der Waals surface area contributed by atoms with Gasteiger partial charge >= 0.3 is 5.97 Å². The molecule has 1 aromatic heterocycles. The zero-order chi connectivity index (χ0) is 11.5. The van der Waals surface area contributed by atoms with Crippen molar-refractivity contribution in [3.05, 3.63) is 23.7 Å². The van der Waals surface area contributed by atoms with Crippen molar-refractivity contribution in [1.29, 1.82) is 0 Å². The highest BCUT2D eigenvalue weighted by molar-refractivity contribution is 5.84. The molecule has 1 aromatic rings. The molecule has 0 unspecified atom stereocenters. The summed E-state index contributed by atoms with van der Waals surface area (Å²) < 4.78 is 5.20. The highest BCUT2D eigenvalue weighted by Crippen LogP contribution is 2.14. The van der Waals surface area contributed by atoms with Crippen molar-refractivity contribution in [2.24, 2.45) is 5.73 Å². The van der Waals surface area contributed by atoms with Crippen molar-refractivity contribution >= 4 is 5.97 Å². The quantitative estimate of drug-likeness (QED) is 0.797. The zero-order valence-corrected chi connectivity index (χ0v) is 9.06. The van der Waals surface area contributed by atoms with E-state index in [1.165, 1.54) is 6.07 Å². The Morgan fingerprint density at radius 2 is 2.44 bits per heavy atom. The van der Waals surface area contributed by atoms with E-state index in [2.05, 4.69) is 4.90 Å². The van der Waals surface area contributed by atoms with Crippen molar-refractivity contribution in [2.45, 2.75) is 25.4 Å². The fourth-order valence-electron chi connectivity index (χ4n) is 2.03. The van der Waals surface area contributed by atoms with Crippen LogP contribution < -0.4 is 5.73 Å². The molecule has 2 rings (SSSR count). The van der Waals surface area contributed by atoms with Gasteiger partial charge in [0.05, 0.1) is 6.54 Å². The van der Waals surface area contributed by atoms with Gasteiger partial charge in [-0.15, -0.1) is 0 Å². The van der Waals surface area contributed by atoms with Crippen LogP contribution in [0.1, 0.15) is 29.2 Å². The molecule has 3 N–H and O–H groups in total. The predicted molar refractivity (Wildman–Crippen MR) is 58.2 cm³/mol. The summed E-state index contributed by atoms with van der Waals surface area (Å²) >= 11 is 0. The van der Waals surface area contributed by atoms with Crippen LogP contribution in [0.15, 0.2) is 16.5 Å². The summed E-state index contributed by atoms with van der Waals surface area (Å²) in [5.74, 6) is -0.343. The van der Waals surface area contributed by atoms with Gasteiger partial charge in [-0.05, 0) is 31.5 Å². The van der Waals surface area contributed by atoms with Gasteiger partial charge in [0.25, 0.3) is 0 Å². The van der Waals surface area contributed by atoms with E-state index in [1.54, 1.807) is 6.07 Å². The van der Waals surface area contributed by atoms with Crippen LogP contribution in [-0.2, 0) is 6.54 Å². The molecule has 1 atom stereocenters. The van der Waals surface area contributed by atoms with Gasteiger partial charge in [-0.2, -0.15) is 0 Å². The van der Waals surface area contributed by atoms with Gasteiger partial charge in [0.15, 0.2) is 0 Å². The van der Waals surface area contributed by atoms with Crippen LogP contribution in [0.3, 0.4) is 0 Å². The smallest absolute Gasteiger partial charge is 0.371 e. The fourth-order valence-corrected chi connectivity index (χ4v) is 2.03. The van der Waals surface area contributed by atoms with Gasteiger partial charge in [0, 0.05) is 12.6 Å². The van der Waals surface area contributed by atoms with Crippen molar-refractivity contribution in [1.82, 2.24) is 4.90 Å². The van der Waals surface area contributed by atoms with Crippen LogP contribution in [0.2, 0.25) is 0 Å².